The first-order valence-electron chi connectivity index (χ1n) is 10.5. The molecule has 3 aliphatic heterocycles. The van der Waals surface area contributed by atoms with Gasteiger partial charge < -0.3 is 16.0 Å². The zero-order valence-corrected chi connectivity index (χ0v) is 16.4. The molecule has 29 heavy (non-hydrogen) atoms. The minimum Gasteiger partial charge on any atom is -0.354 e. The smallest absolute Gasteiger partial charge is 0.147 e. The molecule has 4 unspecified atom stereocenters. The Morgan fingerprint density at radius 2 is 2.07 bits per heavy atom. The minimum atomic E-state index is -0.161. The number of aromatic nitrogens is 2. The molecule has 154 valence electrons. The third-order valence-corrected chi connectivity index (χ3v) is 6.48. The van der Waals surface area contributed by atoms with E-state index in [1.807, 2.05) is 24.5 Å². The molecule has 1 aromatic carbocycles. The molecule has 0 amide bonds. The summed E-state index contributed by atoms with van der Waals surface area (Å²) in [7, 11) is 0. The van der Waals surface area contributed by atoms with Crippen molar-refractivity contribution in [1.82, 2.24) is 26.1 Å². The Morgan fingerprint density at radius 1 is 1.17 bits per heavy atom. The summed E-state index contributed by atoms with van der Waals surface area (Å²) in [6.07, 6.45) is 6.68. The van der Waals surface area contributed by atoms with E-state index in [9.17, 15) is 4.39 Å². The van der Waals surface area contributed by atoms with Gasteiger partial charge in [0.1, 0.15) is 11.6 Å². The number of nitrogens with one attached hydrogen (secondary N) is 3. The predicted octanol–water partition coefficient (Wildman–Crippen LogP) is 1.41. The normalized spacial score (nSPS) is 32.2. The van der Waals surface area contributed by atoms with Crippen molar-refractivity contribution in [3.63, 3.8) is 0 Å². The number of rotatable bonds is 3. The maximum atomic E-state index is 14.4. The second-order valence-electron chi connectivity index (χ2n) is 8.41. The predicted molar refractivity (Wildman–Crippen MR) is 110 cm³/mol. The number of hydrazine groups is 1. The summed E-state index contributed by atoms with van der Waals surface area (Å²) in [6.45, 7) is 2.59. The van der Waals surface area contributed by atoms with Crippen molar-refractivity contribution >= 4 is 5.82 Å². The number of nitrogens with zero attached hydrogens (tertiary/aromatic N) is 3. The van der Waals surface area contributed by atoms with Crippen molar-refractivity contribution in [3.05, 3.63) is 53.7 Å². The van der Waals surface area contributed by atoms with Gasteiger partial charge in [0.25, 0.3) is 0 Å². The fourth-order valence-electron chi connectivity index (χ4n) is 4.94. The van der Waals surface area contributed by atoms with E-state index in [-0.39, 0.29) is 35.9 Å². The first-order chi connectivity index (χ1) is 14.2. The quantitative estimate of drug-likeness (QED) is 0.623. The average molecular weight is 398 g/mol. The number of fused-ring (bicyclic) bond motifs is 1. The van der Waals surface area contributed by atoms with Crippen LogP contribution in [0, 0.1) is 11.7 Å². The lowest BCUT2D eigenvalue weighted by Crippen LogP contribution is -2.47. The van der Waals surface area contributed by atoms with Gasteiger partial charge in [-0.05, 0) is 31.2 Å². The molecule has 2 aromatic rings. The summed E-state index contributed by atoms with van der Waals surface area (Å²) < 4.78 is 14.4. The van der Waals surface area contributed by atoms with Crippen LogP contribution in [0.25, 0.3) is 0 Å². The zero-order chi connectivity index (χ0) is 19.8. The molecule has 3 fully saturated rings. The number of nitrogens with two attached hydrogens (primary N) is 1. The van der Waals surface area contributed by atoms with Gasteiger partial charge in [0.2, 0.25) is 0 Å². The van der Waals surface area contributed by atoms with Gasteiger partial charge in [-0.2, -0.15) is 0 Å². The molecule has 5 atom stereocenters. The molecule has 0 saturated carbocycles. The Kier molecular flexibility index (Phi) is 5.17. The average Bonchev–Trinajstić information content (AvgIpc) is 3.17. The molecule has 3 aliphatic rings. The van der Waals surface area contributed by atoms with Crippen LogP contribution in [0.4, 0.5) is 10.2 Å². The zero-order valence-electron chi connectivity index (χ0n) is 16.4. The van der Waals surface area contributed by atoms with Crippen LogP contribution in [-0.2, 0) is 0 Å². The number of hydrogen-bond acceptors (Lipinski definition) is 7. The Balaban J connectivity index is 1.35. The Morgan fingerprint density at radius 3 is 2.93 bits per heavy atom. The summed E-state index contributed by atoms with van der Waals surface area (Å²) in [5.74, 6) is 1.01. The molecule has 0 spiro atoms. The van der Waals surface area contributed by atoms with Crippen LogP contribution in [0.3, 0.4) is 0 Å². The Bertz CT molecular complexity index is 862. The summed E-state index contributed by atoms with van der Waals surface area (Å²) in [4.78, 5) is 11.6. The fourth-order valence-corrected chi connectivity index (χ4v) is 4.94. The third-order valence-electron chi connectivity index (χ3n) is 6.48. The topological polar surface area (TPSA) is 91.1 Å². The highest BCUT2D eigenvalue weighted by Gasteiger charge is 2.42. The maximum Gasteiger partial charge on any atom is 0.147 e. The second kappa shape index (κ2) is 7.95. The largest absolute Gasteiger partial charge is 0.354 e. The van der Waals surface area contributed by atoms with Crippen LogP contribution in [-0.4, -0.2) is 41.7 Å². The van der Waals surface area contributed by atoms with Crippen molar-refractivity contribution < 1.29 is 4.39 Å². The van der Waals surface area contributed by atoms with Crippen molar-refractivity contribution in [2.45, 2.75) is 43.4 Å². The van der Waals surface area contributed by atoms with Gasteiger partial charge >= 0.3 is 0 Å². The molecule has 5 rings (SSSR count). The highest BCUT2D eigenvalue weighted by atomic mass is 19.1. The van der Waals surface area contributed by atoms with Crippen LogP contribution < -0.4 is 26.8 Å². The molecule has 1 aromatic heterocycles. The number of anilines is 1. The molecule has 0 bridgehead atoms. The summed E-state index contributed by atoms with van der Waals surface area (Å²) in [5, 5.41) is 3.59. The molecular formula is C21H28FN7. The molecule has 3 saturated heterocycles. The van der Waals surface area contributed by atoms with Crippen molar-refractivity contribution in [2.75, 3.05) is 24.5 Å². The fraction of sp³-hybridized carbons (Fsp3) is 0.524. The van der Waals surface area contributed by atoms with Gasteiger partial charge in [-0.3, -0.25) is 10.4 Å². The minimum absolute atomic E-state index is 0.0537. The van der Waals surface area contributed by atoms with Gasteiger partial charge in [-0.25, -0.2) is 14.8 Å². The van der Waals surface area contributed by atoms with Crippen molar-refractivity contribution in [1.29, 1.82) is 0 Å². The van der Waals surface area contributed by atoms with Crippen LogP contribution in [0.1, 0.15) is 42.6 Å². The van der Waals surface area contributed by atoms with Gasteiger partial charge in [0.15, 0.2) is 0 Å². The molecule has 4 heterocycles. The van der Waals surface area contributed by atoms with Gasteiger partial charge in [-0.1, -0.05) is 18.2 Å². The van der Waals surface area contributed by atoms with E-state index in [4.69, 9.17) is 10.7 Å². The number of halogens is 1. The molecule has 7 nitrogen and oxygen atoms in total. The molecule has 0 aliphatic carbocycles. The molecular weight excluding hydrogens is 369 g/mol. The summed E-state index contributed by atoms with van der Waals surface area (Å²) in [6, 6.07) is 7.52. The van der Waals surface area contributed by atoms with Crippen LogP contribution in [0.2, 0.25) is 0 Å². The van der Waals surface area contributed by atoms with E-state index in [0.29, 0.717) is 0 Å². The van der Waals surface area contributed by atoms with E-state index in [2.05, 4.69) is 26.1 Å². The monoisotopic (exact) mass is 397 g/mol. The molecule has 8 heteroatoms. The molecule has 0 radical (unpaired) electrons. The second-order valence-corrected chi connectivity index (χ2v) is 8.41. The SMILES string of the molecule is N[C@@H]1CCCN(c2cncc(C3CC4C(CN3)NNC4c3ccccc3F)n2)C1. The van der Waals surface area contributed by atoms with Crippen LogP contribution in [0.15, 0.2) is 36.7 Å². The summed E-state index contributed by atoms with van der Waals surface area (Å²) in [5.41, 5.74) is 14.4. The Hall–Kier alpha value is -2.13. The van der Waals surface area contributed by atoms with E-state index >= 15 is 0 Å². The first-order valence-corrected chi connectivity index (χ1v) is 10.5. The lowest BCUT2D eigenvalue weighted by Gasteiger charge is -2.35. The van der Waals surface area contributed by atoms with Gasteiger partial charge in [0, 0.05) is 37.3 Å². The van der Waals surface area contributed by atoms with Crippen molar-refractivity contribution in [3.8, 4) is 0 Å². The lowest BCUT2D eigenvalue weighted by atomic mass is 9.81. The van der Waals surface area contributed by atoms with Gasteiger partial charge in [0.05, 0.1) is 30.2 Å². The lowest BCUT2D eigenvalue weighted by molar-refractivity contribution is 0.261. The van der Waals surface area contributed by atoms with Gasteiger partial charge in [-0.15, -0.1) is 0 Å². The van der Waals surface area contributed by atoms with Crippen LogP contribution in [0.5, 0.6) is 0 Å². The van der Waals surface area contributed by atoms with Crippen LogP contribution >= 0.6 is 0 Å². The third kappa shape index (κ3) is 3.73. The molecule has 5 N–H and O–H groups in total. The number of piperidine rings is 2. The van der Waals surface area contributed by atoms with E-state index < -0.39 is 0 Å². The standard InChI is InChI=1S/C21H28FN7/c22-16-6-2-1-5-14(16)21-15-8-17(25-10-18(15)27-28-21)19-9-24-11-20(26-19)29-7-3-4-13(23)12-29/h1-2,5-6,9,11,13,15,17-18,21,25,27-28H,3-4,7-8,10,12,23H2/t13-,15?,17?,18?,21?/m1/s1. The maximum absolute atomic E-state index is 14.4. The van der Waals surface area contributed by atoms with Crippen molar-refractivity contribution in [2.24, 2.45) is 11.7 Å². The highest BCUT2D eigenvalue weighted by molar-refractivity contribution is 5.38. The number of hydrogen-bond donors (Lipinski definition) is 4. The summed E-state index contributed by atoms with van der Waals surface area (Å²) >= 11 is 0. The number of benzene rings is 1. The Labute approximate surface area is 170 Å². The van der Waals surface area contributed by atoms with E-state index in [1.54, 1.807) is 6.07 Å². The first kappa shape index (κ1) is 18.9. The van der Waals surface area contributed by atoms with E-state index in [1.165, 1.54) is 6.07 Å². The highest BCUT2D eigenvalue weighted by Crippen LogP contribution is 2.38. The van der Waals surface area contributed by atoms with E-state index in [0.717, 1.165) is 56.0 Å².